The minimum Gasteiger partial charge on any atom is -0.343 e. The van der Waals surface area contributed by atoms with Crippen molar-refractivity contribution >= 4 is 17.7 Å². The fourth-order valence-electron chi connectivity index (χ4n) is 5.96. The summed E-state index contributed by atoms with van der Waals surface area (Å²) in [6, 6.07) is 24.2. The molecule has 3 aromatic carbocycles. The Bertz CT molecular complexity index is 1380. The second-order valence-electron chi connectivity index (χ2n) is 11.6. The van der Waals surface area contributed by atoms with Gasteiger partial charge in [-0.1, -0.05) is 92.7 Å². The van der Waals surface area contributed by atoms with E-state index in [0.717, 1.165) is 27.8 Å². The molecule has 8 nitrogen and oxygen atoms in total. The minimum absolute atomic E-state index is 0.148. The number of hydrogen-bond donors (Lipinski definition) is 3. The van der Waals surface area contributed by atoms with Gasteiger partial charge in [-0.3, -0.25) is 19.3 Å². The van der Waals surface area contributed by atoms with Gasteiger partial charge in [0.2, 0.25) is 17.7 Å². The fraction of sp³-hybridized carbons (Fsp3) is 0.382. The first-order valence-electron chi connectivity index (χ1n) is 14.8. The summed E-state index contributed by atoms with van der Waals surface area (Å²) in [4.78, 5) is 45.0. The molecule has 1 fully saturated rings. The molecule has 8 heteroatoms. The summed E-state index contributed by atoms with van der Waals surface area (Å²) in [6.07, 6.45) is 0. The van der Waals surface area contributed by atoms with E-state index >= 15 is 0 Å². The fourth-order valence-corrected chi connectivity index (χ4v) is 5.96. The number of piperazine rings is 1. The first-order chi connectivity index (χ1) is 20.3. The number of fused-ring (bicyclic) bond motifs is 3. The molecule has 0 aromatic heterocycles. The molecule has 0 bridgehead atoms. The van der Waals surface area contributed by atoms with E-state index < -0.39 is 18.1 Å². The zero-order chi connectivity index (χ0) is 29.8. The Labute approximate surface area is 248 Å². The Balaban J connectivity index is 1.42. The summed E-state index contributed by atoms with van der Waals surface area (Å²) < 4.78 is 0. The maximum Gasteiger partial charge on any atom is 0.246 e. The monoisotopic (exact) mass is 567 g/mol. The lowest BCUT2D eigenvalue weighted by Gasteiger charge is -2.42. The van der Waals surface area contributed by atoms with E-state index in [2.05, 4.69) is 57.2 Å². The number of carbonyl (C=O) groups is 3. The molecule has 1 saturated heterocycles. The highest BCUT2D eigenvalue weighted by atomic mass is 16.2. The van der Waals surface area contributed by atoms with Crippen LogP contribution in [0.2, 0.25) is 0 Å². The maximum absolute atomic E-state index is 14.2. The average Bonchev–Trinajstić information content (AvgIpc) is 3.32. The number of rotatable bonds is 9. The number of amides is 3. The summed E-state index contributed by atoms with van der Waals surface area (Å²) in [5.74, 6) is -0.819. The molecular weight excluding hydrogens is 526 g/mol. The van der Waals surface area contributed by atoms with Crippen molar-refractivity contribution < 1.29 is 14.4 Å². The van der Waals surface area contributed by atoms with Gasteiger partial charge in [0.25, 0.3) is 0 Å². The van der Waals surface area contributed by atoms with E-state index in [-0.39, 0.29) is 29.7 Å². The summed E-state index contributed by atoms with van der Waals surface area (Å²) in [5, 5.41) is 9.18. The molecule has 2 aliphatic rings. The molecule has 3 N–H and O–H groups in total. The van der Waals surface area contributed by atoms with Gasteiger partial charge in [-0.25, -0.2) is 0 Å². The second kappa shape index (κ2) is 12.9. The summed E-state index contributed by atoms with van der Waals surface area (Å²) in [7, 11) is 1.71. The van der Waals surface area contributed by atoms with Crippen molar-refractivity contribution in [3.63, 3.8) is 0 Å². The number of nitrogens with zero attached hydrogens (tertiary/aromatic N) is 2. The predicted molar refractivity (Wildman–Crippen MR) is 164 cm³/mol. The SMILES string of the molecule is CN[C@@H](C)C(=O)N[C@H](C(=O)N1CCN(Cc2ccccc2)C[C@H]1C(=O)NC1c2ccccc2-c2ccccc21)C(C)C. The Morgan fingerprint density at radius 3 is 2.02 bits per heavy atom. The van der Waals surface area contributed by atoms with E-state index in [0.29, 0.717) is 26.2 Å². The highest BCUT2D eigenvalue weighted by Crippen LogP contribution is 2.43. The molecule has 42 heavy (non-hydrogen) atoms. The molecule has 3 amide bonds. The van der Waals surface area contributed by atoms with Crippen LogP contribution in [0.5, 0.6) is 0 Å². The molecule has 220 valence electrons. The van der Waals surface area contributed by atoms with Crippen molar-refractivity contribution in [3.8, 4) is 11.1 Å². The molecule has 0 unspecified atom stereocenters. The van der Waals surface area contributed by atoms with Crippen molar-refractivity contribution in [1.29, 1.82) is 0 Å². The number of nitrogens with one attached hydrogen (secondary N) is 3. The smallest absolute Gasteiger partial charge is 0.246 e. The van der Waals surface area contributed by atoms with Gasteiger partial charge in [0.15, 0.2) is 0 Å². The van der Waals surface area contributed by atoms with Crippen molar-refractivity contribution in [3.05, 3.63) is 95.6 Å². The summed E-state index contributed by atoms with van der Waals surface area (Å²) in [6.45, 7) is 7.69. The molecule has 1 aliphatic carbocycles. The molecule has 1 aliphatic heterocycles. The summed E-state index contributed by atoms with van der Waals surface area (Å²) >= 11 is 0. The topological polar surface area (TPSA) is 93.8 Å². The maximum atomic E-state index is 14.2. The third kappa shape index (κ3) is 6.10. The molecule has 0 spiro atoms. The van der Waals surface area contributed by atoms with Gasteiger partial charge in [0.1, 0.15) is 12.1 Å². The van der Waals surface area contributed by atoms with Crippen LogP contribution in [-0.4, -0.2) is 72.3 Å². The lowest BCUT2D eigenvalue weighted by molar-refractivity contribution is -0.148. The standard InChI is InChI=1S/C34H41N5O3/c1-22(2)30(36-32(40)23(3)35-4)34(42)39-19-18-38(20-24-12-6-5-7-13-24)21-29(39)33(41)37-31-27-16-10-8-14-25(27)26-15-9-11-17-28(26)31/h5-17,22-23,29-31,35H,18-21H2,1-4H3,(H,36,40)(H,37,41)/t23-,29-,30-/m0/s1. The van der Waals surface area contributed by atoms with Crippen LogP contribution in [0.3, 0.4) is 0 Å². The Kier molecular flexibility index (Phi) is 9.04. The van der Waals surface area contributed by atoms with Crippen LogP contribution in [-0.2, 0) is 20.9 Å². The molecule has 3 atom stereocenters. The number of benzene rings is 3. The predicted octanol–water partition coefficient (Wildman–Crippen LogP) is 3.33. The van der Waals surface area contributed by atoms with Gasteiger partial charge in [-0.15, -0.1) is 0 Å². The van der Waals surface area contributed by atoms with Crippen molar-refractivity contribution in [2.75, 3.05) is 26.7 Å². The van der Waals surface area contributed by atoms with E-state index in [1.165, 1.54) is 0 Å². The van der Waals surface area contributed by atoms with Crippen LogP contribution in [0.1, 0.15) is 43.5 Å². The molecule has 1 heterocycles. The zero-order valence-corrected chi connectivity index (χ0v) is 24.8. The first-order valence-corrected chi connectivity index (χ1v) is 14.8. The second-order valence-corrected chi connectivity index (χ2v) is 11.6. The molecular formula is C34H41N5O3. The molecule has 5 rings (SSSR count). The van der Waals surface area contributed by atoms with Gasteiger partial charge in [0.05, 0.1) is 12.1 Å². The Hall–Kier alpha value is -4.01. The number of likely N-dealkylation sites (N-methyl/N-ethyl adjacent to an activating group) is 1. The Morgan fingerprint density at radius 2 is 1.43 bits per heavy atom. The van der Waals surface area contributed by atoms with Gasteiger partial charge in [-0.05, 0) is 47.7 Å². The van der Waals surface area contributed by atoms with Gasteiger partial charge < -0.3 is 20.9 Å². The molecule has 0 saturated carbocycles. The molecule has 0 radical (unpaired) electrons. The highest BCUT2D eigenvalue weighted by molar-refractivity contribution is 5.94. The largest absolute Gasteiger partial charge is 0.343 e. The lowest BCUT2D eigenvalue weighted by Crippen LogP contribution is -2.64. The quantitative estimate of drug-likeness (QED) is 0.369. The van der Waals surface area contributed by atoms with Crippen LogP contribution in [0.15, 0.2) is 78.9 Å². The van der Waals surface area contributed by atoms with Crippen LogP contribution < -0.4 is 16.0 Å². The van der Waals surface area contributed by atoms with Crippen LogP contribution in [0, 0.1) is 5.92 Å². The van der Waals surface area contributed by atoms with E-state index in [9.17, 15) is 14.4 Å². The van der Waals surface area contributed by atoms with Crippen molar-refractivity contribution in [2.45, 2.75) is 51.5 Å². The third-order valence-electron chi connectivity index (χ3n) is 8.48. The van der Waals surface area contributed by atoms with Crippen LogP contribution in [0.4, 0.5) is 0 Å². The van der Waals surface area contributed by atoms with E-state index in [4.69, 9.17) is 0 Å². The van der Waals surface area contributed by atoms with E-state index in [1.54, 1.807) is 18.9 Å². The van der Waals surface area contributed by atoms with Gasteiger partial charge >= 0.3 is 0 Å². The molecule has 3 aromatic rings. The van der Waals surface area contributed by atoms with Crippen LogP contribution >= 0.6 is 0 Å². The van der Waals surface area contributed by atoms with Crippen LogP contribution in [0.25, 0.3) is 11.1 Å². The third-order valence-corrected chi connectivity index (χ3v) is 8.48. The van der Waals surface area contributed by atoms with Gasteiger partial charge in [0, 0.05) is 26.2 Å². The van der Waals surface area contributed by atoms with E-state index in [1.807, 2.05) is 56.3 Å². The lowest BCUT2D eigenvalue weighted by atomic mass is 9.99. The van der Waals surface area contributed by atoms with Gasteiger partial charge in [-0.2, -0.15) is 0 Å². The van der Waals surface area contributed by atoms with Crippen molar-refractivity contribution in [2.24, 2.45) is 5.92 Å². The van der Waals surface area contributed by atoms with Crippen molar-refractivity contribution in [1.82, 2.24) is 25.8 Å². The summed E-state index contributed by atoms with van der Waals surface area (Å²) in [5.41, 5.74) is 5.48. The minimum atomic E-state index is -0.739. The number of carbonyl (C=O) groups excluding carboxylic acids is 3. The number of hydrogen-bond acceptors (Lipinski definition) is 5. The first kappa shape index (κ1) is 29.5. The highest BCUT2D eigenvalue weighted by Gasteiger charge is 2.41. The normalized spacial score (nSPS) is 18.2. The zero-order valence-electron chi connectivity index (χ0n) is 24.8. The average molecular weight is 568 g/mol. The Morgan fingerprint density at radius 1 is 0.833 bits per heavy atom.